The molecule has 0 atom stereocenters. The van der Waals surface area contributed by atoms with Crippen LogP contribution in [0.5, 0.6) is 0 Å². The first-order valence-electron chi connectivity index (χ1n) is 4.08. The van der Waals surface area contributed by atoms with Crippen molar-refractivity contribution in [1.82, 2.24) is 0 Å². The van der Waals surface area contributed by atoms with Crippen molar-refractivity contribution in [3.63, 3.8) is 0 Å². The highest BCUT2D eigenvalue weighted by Gasteiger charge is 2.05. The van der Waals surface area contributed by atoms with Crippen LogP contribution in [0.25, 0.3) is 0 Å². The minimum absolute atomic E-state index is 0.0674. The summed E-state index contributed by atoms with van der Waals surface area (Å²) < 4.78 is 0.885. The number of benzene rings is 1. The maximum atomic E-state index is 10.5. The van der Waals surface area contributed by atoms with Crippen molar-refractivity contribution in [2.75, 3.05) is 12.5 Å². The summed E-state index contributed by atoms with van der Waals surface area (Å²) in [5.74, 6) is 0. The summed E-state index contributed by atoms with van der Waals surface area (Å²) in [6, 6.07) is 6.30. The van der Waals surface area contributed by atoms with Crippen LogP contribution >= 0.6 is 23.5 Å². The molecule has 0 radical (unpaired) electrons. The minimum Gasteiger partial charge on any atom is -0.258 e. The van der Waals surface area contributed by atoms with Gasteiger partial charge in [-0.25, -0.2) is 4.99 Å². The fraction of sp³-hybridized carbons (Fsp3) is 0.222. The summed E-state index contributed by atoms with van der Waals surface area (Å²) in [5, 5.41) is 10.5. The molecule has 6 heteroatoms. The third-order valence-electron chi connectivity index (χ3n) is 1.61. The lowest BCUT2D eigenvalue weighted by Gasteiger charge is -1.98. The van der Waals surface area contributed by atoms with E-state index in [0.29, 0.717) is 5.69 Å². The van der Waals surface area contributed by atoms with Crippen LogP contribution in [-0.2, 0) is 0 Å². The van der Waals surface area contributed by atoms with Crippen molar-refractivity contribution < 1.29 is 4.92 Å². The van der Waals surface area contributed by atoms with Crippen molar-refractivity contribution in [1.29, 1.82) is 0 Å². The minimum atomic E-state index is -0.420. The van der Waals surface area contributed by atoms with Crippen molar-refractivity contribution in [3.8, 4) is 0 Å². The second kappa shape index (κ2) is 5.77. The average molecular weight is 242 g/mol. The SMILES string of the molecule is CSC(=Nc1cccc([N+](=O)[O-])c1)SC. The number of rotatable bonds is 2. The van der Waals surface area contributed by atoms with Gasteiger partial charge in [0.15, 0.2) is 0 Å². The first kappa shape index (κ1) is 12.1. The zero-order valence-electron chi connectivity index (χ0n) is 8.34. The number of nitro benzene ring substituents is 1. The predicted octanol–water partition coefficient (Wildman–Crippen LogP) is 3.31. The molecule has 0 heterocycles. The van der Waals surface area contributed by atoms with Crippen molar-refractivity contribution in [2.45, 2.75) is 0 Å². The van der Waals surface area contributed by atoms with Gasteiger partial charge in [0.25, 0.3) is 5.69 Å². The number of thioether (sulfide) groups is 2. The highest BCUT2D eigenvalue weighted by molar-refractivity contribution is 8.38. The topological polar surface area (TPSA) is 55.5 Å². The first-order chi connectivity index (χ1) is 7.17. The number of nitro groups is 1. The summed E-state index contributed by atoms with van der Waals surface area (Å²) in [5.41, 5.74) is 0.681. The summed E-state index contributed by atoms with van der Waals surface area (Å²) in [6.07, 6.45) is 3.85. The van der Waals surface area contributed by atoms with Gasteiger partial charge in [0.2, 0.25) is 0 Å². The molecule has 0 aromatic heterocycles. The highest BCUT2D eigenvalue weighted by atomic mass is 32.2. The van der Waals surface area contributed by atoms with Crippen LogP contribution in [0.15, 0.2) is 29.3 Å². The molecule has 0 spiro atoms. The molecule has 0 bridgehead atoms. The molecule has 0 saturated carbocycles. The van der Waals surface area contributed by atoms with Gasteiger partial charge >= 0.3 is 0 Å². The van der Waals surface area contributed by atoms with Crippen LogP contribution in [0.3, 0.4) is 0 Å². The van der Waals surface area contributed by atoms with Crippen LogP contribution in [0.2, 0.25) is 0 Å². The zero-order valence-corrected chi connectivity index (χ0v) is 9.97. The van der Waals surface area contributed by atoms with Gasteiger partial charge in [-0.05, 0) is 18.6 Å². The second-order valence-electron chi connectivity index (χ2n) is 2.56. The molecule has 0 unspecified atom stereocenters. The standard InChI is InChI=1S/C9H10N2O2S2/c1-14-9(15-2)10-7-4-3-5-8(6-7)11(12)13/h3-6H,1-2H3. The molecule has 0 aliphatic carbocycles. The smallest absolute Gasteiger partial charge is 0.258 e. The zero-order chi connectivity index (χ0) is 11.3. The molecule has 0 aliphatic rings. The van der Waals surface area contributed by atoms with Crippen molar-refractivity contribution in [2.24, 2.45) is 4.99 Å². The third-order valence-corrected chi connectivity index (χ3v) is 3.49. The summed E-state index contributed by atoms with van der Waals surface area (Å²) in [7, 11) is 0. The Bertz CT molecular complexity index is 387. The largest absolute Gasteiger partial charge is 0.271 e. The Morgan fingerprint density at radius 2 is 2.07 bits per heavy atom. The van der Waals surface area contributed by atoms with Gasteiger partial charge in [0.1, 0.15) is 4.38 Å². The lowest BCUT2D eigenvalue weighted by molar-refractivity contribution is -0.384. The Morgan fingerprint density at radius 1 is 1.40 bits per heavy atom. The summed E-state index contributed by atoms with van der Waals surface area (Å²) in [6.45, 7) is 0. The maximum Gasteiger partial charge on any atom is 0.271 e. The molecule has 0 fully saturated rings. The van der Waals surface area contributed by atoms with E-state index in [0.717, 1.165) is 4.38 Å². The fourth-order valence-electron chi connectivity index (χ4n) is 0.956. The van der Waals surface area contributed by atoms with Gasteiger partial charge in [0, 0.05) is 12.1 Å². The average Bonchev–Trinajstić information content (AvgIpc) is 2.26. The molecule has 0 amide bonds. The van der Waals surface area contributed by atoms with E-state index >= 15 is 0 Å². The molecule has 4 nitrogen and oxygen atoms in total. The Labute approximate surface area is 96.3 Å². The van der Waals surface area contributed by atoms with Crippen LogP contribution in [0, 0.1) is 10.1 Å². The molecule has 0 saturated heterocycles. The summed E-state index contributed by atoms with van der Waals surface area (Å²) >= 11 is 3.04. The van der Waals surface area contributed by atoms with Gasteiger partial charge in [-0.1, -0.05) is 6.07 Å². The molecular weight excluding hydrogens is 232 g/mol. The molecular formula is C9H10N2O2S2. The Morgan fingerprint density at radius 3 is 2.60 bits per heavy atom. The Hall–Kier alpha value is -1.01. The molecule has 80 valence electrons. The molecule has 0 aliphatic heterocycles. The molecule has 1 aromatic rings. The normalized spacial score (nSPS) is 9.73. The van der Waals surface area contributed by atoms with Crippen LogP contribution in [0.1, 0.15) is 0 Å². The Kier molecular flexibility index (Phi) is 4.64. The first-order valence-corrected chi connectivity index (χ1v) is 6.53. The van der Waals surface area contributed by atoms with E-state index in [1.165, 1.54) is 35.7 Å². The Balaban J connectivity index is 3.00. The second-order valence-corrected chi connectivity index (χ2v) is 4.41. The fourth-order valence-corrected chi connectivity index (χ4v) is 2.02. The lowest BCUT2D eigenvalue weighted by Crippen LogP contribution is -1.87. The van der Waals surface area contributed by atoms with E-state index in [1.807, 2.05) is 12.5 Å². The van der Waals surface area contributed by atoms with Crippen LogP contribution < -0.4 is 0 Å². The number of nitrogens with zero attached hydrogens (tertiary/aromatic N) is 2. The van der Waals surface area contributed by atoms with E-state index in [4.69, 9.17) is 0 Å². The van der Waals surface area contributed by atoms with Crippen LogP contribution in [0.4, 0.5) is 11.4 Å². The van der Waals surface area contributed by atoms with Crippen molar-refractivity contribution >= 4 is 39.3 Å². The van der Waals surface area contributed by atoms with Gasteiger partial charge < -0.3 is 0 Å². The van der Waals surface area contributed by atoms with Gasteiger partial charge in [-0.2, -0.15) is 0 Å². The van der Waals surface area contributed by atoms with Gasteiger partial charge in [0.05, 0.1) is 10.6 Å². The van der Waals surface area contributed by atoms with Crippen molar-refractivity contribution in [3.05, 3.63) is 34.4 Å². The summed E-state index contributed by atoms with van der Waals surface area (Å²) in [4.78, 5) is 14.4. The predicted molar refractivity (Wildman–Crippen MR) is 67.2 cm³/mol. The highest BCUT2D eigenvalue weighted by Crippen LogP contribution is 2.23. The molecule has 1 rings (SSSR count). The number of hydrogen-bond acceptors (Lipinski definition) is 5. The van der Waals surface area contributed by atoms with Gasteiger partial charge in [-0.15, -0.1) is 23.5 Å². The monoisotopic (exact) mass is 242 g/mol. The molecule has 0 N–H and O–H groups in total. The number of aliphatic imine (C=N–C) groups is 1. The van der Waals surface area contributed by atoms with Gasteiger partial charge in [-0.3, -0.25) is 10.1 Å². The quantitative estimate of drug-likeness (QED) is 0.345. The lowest BCUT2D eigenvalue weighted by atomic mass is 10.3. The molecule has 15 heavy (non-hydrogen) atoms. The van der Waals surface area contributed by atoms with Crippen LogP contribution in [-0.4, -0.2) is 21.8 Å². The van der Waals surface area contributed by atoms with E-state index < -0.39 is 4.92 Å². The van der Waals surface area contributed by atoms with E-state index in [1.54, 1.807) is 12.1 Å². The maximum absolute atomic E-state index is 10.5. The van der Waals surface area contributed by atoms with E-state index in [-0.39, 0.29) is 5.69 Å². The third kappa shape index (κ3) is 3.56. The number of non-ortho nitro benzene ring substituents is 1. The number of hydrogen-bond donors (Lipinski definition) is 0. The van der Waals surface area contributed by atoms with E-state index in [9.17, 15) is 10.1 Å². The van der Waals surface area contributed by atoms with E-state index in [2.05, 4.69) is 4.99 Å². The molecule has 1 aromatic carbocycles.